The van der Waals surface area contributed by atoms with Crippen molar-refractivity contribution in [2.45, 2.75) is 12.6 Å². The number of hydrogen-bond acceptors (Lipinski definition) is 5. The summed E-state index contributed by atoms with van der Waals surface area (Å²) in [5.41, 5.74) is 3.59. The van der Waals surface area contributed by atoms with Gasteiger partial charge in [-0.3, -0.25) is 9.69 Å². The van der Waals surface area contributed by atoms with Crippen LogP contribution in [0.15, 0.2) is 96.7 Å². The molecule has 1 aliphatic heterocycles. The first kappa shape index (κ1) is 24.1. The number of carbonyl (C=O) groups is 1. The molecule has 0 atom stereocenters. The van der Waals surface area contributed by atoms with E-state index in [4.69, 9.17) is 4.74 Å². The first-order chi connectivity index (χ1) is 17.2. The van der Waals surface area contributed by atoms with Gasteiger partial charge in [0.15, 0.2) is 0 Å². The molecule has 0 aliphatic carbocycles. The van der Waals surface area contributed by atoms with Crippen molar-refractivity contribution in [2.24, 2.45) is 0 Å². The summed E-state index contributed by atoms with van der Waals surface area (Å²) >= 11 is 0. The lowest BCUT2D eigenvalue weighted by atomic mass is 9.96. The van der Waals surface area contributed by atoms with Crippen molar-refractivity contribution < 1.29 is 9.53 Å². The summed E-state index contributed by atoms with van der Waals surface area (Å²) in [7, 11) is 1.63. The highest BCUT2D eigenvalue weighted by Crippen LogP contribution is 2.29. The van der Waals surface area contributed by atoms with Crippen LogP contribution in [-0.4, -0.2) is 49.0 Å². The number of methoxy groups -OCH3 is 1. The number of rotatable bonds is 8. The summed E-state index contributed by atoms with van der Waals surface area (Å²) in [5.74, 6) is 0.535. The molecule has 3 aromatic rings. The number of hydrogen-bond donors (Lipinski definition) is 1. The minimum atomic E-state index is -0.235. The molecule has 4 rings (SSSR count). The van der Waals surface area contributed by atoms with E-state index in [2.05, 4.69) is 64.8 Å². The largest absolute Gasteiger partial charge is 0.497 e. The van der Waals surface area contributed by atoms with Crippen molar-refractivity contribution in [3.8, 4) is 11.8 Å². The predicted molar refractivity (Wildman–Crippen MR) is 136 cm³/mol. The normalized spacial score (nSPS) is 14.4. The maximum atomic E-state index is 13.0. The molecule has 1 N–H and O–H groups in total. The van der Waals surface area contributed by atoms with Crippen molar-refractivity contribution in [1.29, 1.82) is 5.26 Å². The van der Waals surface area contributed by atoms with E-state index in [0.29, 0.717) is 19.6 Å². The lowest BCUT2D eigenvalue weighted by Gasteiger charge is -2.39. The minimum absolute atomic E-state index is 0.115. The van der Waals surface area contributed by atoms with Crippen molar-refractivity contribution in [1.82, 2.24) is 15.1 Å². The van der Waals surface area contributed by atoms with Gasteiger partial charge in [0.2, 0.25) is 0 Å². The molecule has 0 aromatic heterocycles. The number of carbonyl (C=O) groups excluding carboxylic acids is 1. The maximum Gasteiger partial charge on any atom is 0.266 e. The van der Waals surface area contributed by atoms with Gasteiger partial charge < -0.3 is 15.0 Å². The van der Waals surface area contributed by atoms with E-state index in [1.807, 2.05) is 36.4 Å². The number of nitrogens with zero attached hydrogens (tertiary/aromatic N) is 3. The number of ether oxygens (including phenoxy) is 1. The van der Waals surface area contributed by atoms with Crippen LogP contribution in [0.2, 0.25) is 0 Å². The third-order valence-corrected chi connectivity index (χ3v) is 6.23. The van der Waals surface area contributed by atoms with Gasteiger partial charge in [-0.2, -0.15) is 5.26 Å². The first-order valence-corrected chi connectivity index (χ1v) is 11.8. The van der Waals surface area contributed by atoms with Gasteiger partial charge in [0.05, 0.1) is 13.2 Å². The Morgan fingerprint density at radius 3 is 2.17 bits per heavy atom. The van der Waals surface area contributed by atoms with Gasteiger partial charge in [-0.05, 0) is 28.8 Å². The molecule has 1 saturated heterocycles. The van der Waals surface area contributed by atoms with E-state index in [1.54, 1.807) is 12.0 Å². The van der Waals surface area contributed by atoms with Crippen LogP contribution < -0.4 is 10.1 Å². The zero-order valence-corrected chi connectivity index (χ0v) is 19.9. The lowest BCUT2D eigenvalue weighted by Crippen LogP contribution is -2.50. The summed E-state index contributed by atoms with van der Waals surface area (Å²) in [6.07, 6.45) is 1.52. The molecule has 0 radical (unpaired) electrons. The number of piperazine rings is 1. The molecule has 1 amide bonds. The smallest absolute Gasteiger partial charge is 0.266 e. The van der Waals surface area contributed by atoms with Crippen LogP contribution in [0.1, 0.15) is 22.7 Å². The van der Waals surface area contributed by atoms with Gasteiger partial charge in [0.1, 0.15) is 17.4 Å². The van der Waals surface area contributed by atoms with Crippen LogP contribution in [0.5, 0.6) is 5.75 Å². The Morgan fingerprint density at radius 1 is 0.971 bits per heavy atom. The Hall–Kier alpha value is -4.08. The van der Waals surface area contributed by atoms with Gasteiger partial charge in [0, 0.05) is 38.9 Å². The fourth-order valence-corrected chi connectivity index (χ4v) is 4.43. The first-order valence-electron chi connectivity index (χ1n) is 11.8. The Labute approximate surface area is 207 Å². The summed E-state index contributed by atoms with van der Waals surface area (Å²) in [6, 6.07) is 30.8. The molecule has 178 valence electrons. The standard InChI is InChI=1S/C29H30N4O2/c1-35-27-14-8-9-23(19-27)21-31-22-26(20-30)29(34)33-17-15-32(16-18-33)28(24-10-4-2-5-11-24)25-12-6-3-7-13-25/h2-14,19,22,28,31H,15-18,21H2,1H3/b26-22-. The van der Waals surface area contributed by atoms with Gasteiger partial charge in [0.25, 0.3) is 5.91 Å². The lowest BCUT2D eigenvalue weighted by molar-refractivity contribution is -0.128. The van der Waals surface area contributed by atoms with Crippen molar-refractivity contribution in [3.63, 3.8) is 0 Å². The van der Waals surface area contributed by atoms with Gasteiger partial charge >= 0.3 is 0 Å². The minimum Gasteiger partial charge on any atom is -0.497 e. The molecular formula is C29H30N4O2. The van der Waals surface area contributed by atoms with E-state index in [9.17, 15) is 10.1 Å². The second kappa shape index (κ2) is 11.9. The molecular weight excluding hydrogens is 436 g/mol. The van der Waals surface area contributed by atoms with Crippen molar-refractivity contribution in [3.05, 3.63) is 113 Å². The van der Waals surface area contributed by atoms with Crippen molar-refractivity contribution in [2.75, 3.05) is 33.3 Å². The third-order valence-electron chi connectivity index (χ3n) is 6.23. The highest BCUT2D eigenvalue weighted by atomic mass is 16.5. The SMILES string of the molecule is COc1cccc(CN/C=C(/C#N)C(=O)N2CCN(C(c3ccccc3)c3ccccc3)CC2)c1. The second-order valence-electron chi connectivity index (χ2n) is 8.45. The average Bonchev–Trinajstić information content (AvgIpc) is 2.93. The van der Waals surface area contributed by atoms with Crippen LogP contribution in [0, 0.1) is 11.3 Å². The molecule has 0 spiro atoms. The second-order valence-corrected chi connectivity index (χ2v) is 8.45. The monoisotopic (exact) mass is 466 g/mol. The van der Waals surface area contributed by atoms with Crippen molar-refractivity contribution >= 4 is 5.91 Å². The van der Waals surface area contributed by atoms with E-state index in [1.165, 1.54) is 17.3 Å². The van der Waals surface area contributed by atoms with E-state index in [-0.39, 0.29) is 17.5 Å². The van der Waals surface area contributed by atoms with Gasteiger partial charge in [-0.15, -0.1) is 0 Å². The van der Waals surface area contributed by atoms with Crippen LogP contribution in [0.25, 0.3) is 0 Å². The van der Waals surface area contributed by atoms with Crippen LogP contribution in [-0.2, 0) is 11.3 Å². The highest BCUT2D eigenvalue weighted by Gasteiger charge is 2.29. The maximum absolute atomic E-state index is 13.0. The van der Waals surface area contributed by atoms with Gasteiger partial charge in [-0.1, -0.05) is 72.8 Å². The summed E-state index contributed by atoms with van der Waals surface area (Å²) in [6.45, 7) is 3.11. The number of nitriles is 1. The molecule has 6 nitrogen and oxygen atoms in total. The van der Waals surface area contributed by atoms with Gasteiger partial charge in [-0.25, -0.2) is 0 Å². The van der Waals surface area contributed by atoms with E-state index in [0.717, 1.165) is 24.4 Å². The molecule has 1 heterocycles. The topological polar surface area (TPSA) is 68.6 Å². The Balaban J connectivity index is 1.39. The fourth-order valence-electron chi connectivity index (χ4n) is 4.43. The zero-order chi connectivity index (χ0) is 24.5. The summed E-state index contributed by atoms with van der Waals surface area (Å²) in [4.78, 5) is 17.2. The Morgan fingerprint density at radius 2 is 1.60 bits per heavy atom. The van der Waals surface area contributed by atoms with Crippen LogP contribution >= 0.6 is 0 Å². The third kappa shape index (κ3) is 6.08. The molecule has 3 aromatic carbocycles. The molecule has 1 aliphatic rings. The molecule has 0 saturated carbocycles. The fraction of sp³-hybridized carbons (Fsp3) is 0.241. The number of benzene rings is 3. The summed E-state index contributed by atoms with van der Waals surface area (Å²) < 4.78 is 5.24. The number of amides is 1. The molecule has 0 unspecified atom stereocenters. The quantitative estimate of drug-likeness (QED) is 0.399. The summed E-state index contributed by atoms with van der Waals surface area (Å²) in [5, 5.41) is 12.7. The molecule has 35 heavy (non-hydrogen) atoms. The molecule has 1 fully saturated rings. The zero-order valence-electron chi connectivity index (χ0n) is 19.9. The number of nitrogens with one attached hydrogen (secondary N) is 1. The van der Waals surface area contributed by atoms with E-state index < -0.39 is 0 Å². The predicted octanol–water partition coefficient (Wildman–Crippen LogP) is 4.13. The van der Waals surface area contributed by atoms with Crippen LogP contribution in [0.4, 0.5) is 0 Å². The average molecular weight is 467 g/mol. The molecule has 0 bridgehead atoms. The Kier molecular flexibility index (Phi) is 8.16. The molecule has 6 heteroatoms. The highest BCUT2D eigenvalue weighted by molar-refractivity contribution is 5.97. The van der Waals surface area contributed by atoms with Crippen LogP contribution in [0.3, 0.4) is 0 Å². The van der Waals surface area contributed by atoms with E-state index >= 15 is 0 Å². The Bertz CT molecular complexity index is 1140.